The van der Waals surface area contributed by atoms with E-state index in [1.807, 2.05) is 0 Å². The van der Waals surface area contributed by atoms with E-state index in [0.717, 1.165) is 0 Å². The van der Waals surface area contributed by atoms with Gasteiger partial charge in [-0.3, -0.25) is 4.79 Å². The predicted octanol–water partition coefficient (Wildman–Crippen LogP) is -0.260. The van der Waals surface area contributed by atoms with Crippen LogP contribution in [0, 0.1) is 0 Å². The maximum Gasteiger partial charge on any atom is 0.159 e. The van der Waals surface area contributed by atoms with Gasteiger partial charge in [0.25, 0.3) is 0 Å². The molecule has 0 unspecified atom stereocenters. The maximum absolute atomic E-state index is 11.1. The van der Waals surface area contributed by atoms with Crippen molar-refractivity contribution in [1.29, 1.82) is 0 Å². The highest BCUT2D eigenvalue weighted by Gasteiger charge is 2.37. The Morgan fingerprint density at radius 2 is 1.84 bits per heavy atom. The highest BCUT2D eigenvalue weighted by Crippen LogP contribution is 2.19. The van der Waals surface area contributed by atoms with Crippen molar-refractivity contribution in [3.63, 3.8) is 0 Å². The molecule has 1 aromatic rings. The number of benzene rings is 1. The summed E-state index contributed by atoms with van der Waals surface area (Å²) in [6.45, 7) is 1.43. The molecule has 1 aromatic carbocycles. The van der Waals surface area contributed by atoms with Crippen molar-refractivity contribution in [2.45, 2.75) is 31.5 Å². The quantitative estimate of drug-likeness (QED) is 0.563. The molecule has 4 atom stereocenters. The fraction of sp³-hybridized carbons (Fsp3) is 0.462. The summed E-state index contributed by atoms with van der Waals surface area (Å²) in [5, 5.41) is 31.5. The highest BCUT2D eigenvalue weighted by molar-refractivity contribution is 5.94. The van der Waals surface area contributed by atoms with Crippen LogP contribution in [0.15, 0.2) is 24.3 Å². The maximum atomic E-state index is 11.1. The number of hydrogen-bond donors (Lipinski definition) is 4. The summed E-state index contributed by atoms with van der Waals surface area (Å²) in [5.74, 6) is -0.0287. The fourth-order valence-electron chi connectivity index (χ4n) is 1.90. The van der Waals surface area contributed by atoms with Gasteiger partial charge in [0.1, 0.15) is 18.3 Å². The number of aliphatic hydroxyl groups is 3. The van der Waals surface area contributed by atoms with Gasteiger partial charge in [0, 0.05) is 11.3 Å². The van der Waals surface area contributed by atoms with Crippen LogP contribution in [0.4, 0.5) is 5.69 Å². The number of ether oxygens (including phenoxy) is 1. The summed E-state index contributed by atoms with van der Waals surface area (Å²) >= 11 is 0. The van der Waals surface area contributed by atoms with Crippen molar-refractivity contribution in [2.75, 3.05) is 11.9 Å². The van der Waals surface area contributed by atoms with Gasteiger partial charge >= 0.3 is 0 Å². The first-order chi connectivity index (χ1) is 8.99. The zero-order chi connectivity index (χ0) is 14.0. The van der Waals surface area contributed by atoms with Gasteiger partial charge in [-0.2, -0.15) is 0 Å². The van der Waals surface area contributed by atoms with E-state index in [4.69, 9.17) is 4.74 Å². The second-order valence-electron chi connectivity index (χ2n) is 4.58. The van der Waals surface area contributed by atoms with Crippen LogP contribution in [-0.4, -0.2) is 52.2 Å². The van der Waals surface area contributed by atoms with Crippen molar-refractivity contribution in [2.24, 2.45) is 0 Å². The predicted molar refractivity (Wildman–Crippen MR) is 67.8 cm³/mol. The van der Waals surface area contributed by atoms with Gasteiger partial charge < -0.3 is 25.4 Å². The Bertz CT molecular complexity index is 447. The van der Waals surface area contributed by atoms with Crippen molar-refractivity contribution in [1.82, 2.24) is 0 Å². The van der Waals surface area contributed by atoms with Gasteiger partial charge in [0.15, 0.2) is 12.0 Å². The lowest BCUT2D eigenvalue weighted by molar-refractivity contribution is -0.178. The monoisotopic (exact) mass is 267 g/mol. The lowest BCUT2D eigenvalue weighted by Crippen LogP contribution is -2.55. The minimum atomic E-state index is -1.25. The standard InChI is InChI=1S/C13H17NO5/c1-7(15)8-2-4-9(5-3-8)14-13-12(18)11(17)10(16)6-19-13/h2-5,10-14,16-18H,6H2,1H3/t10-,11+,12+,13-/m0/s1. The average molecular weight is 267 g/mol. The van der Waals surface area contributed by atoms with E-state index in [-0.39, 0.29) is 12.4 Å². The van der Waals surface area contributed by atoms with Gasteiger partial charge in [-0.1, -0.05) is 0 Å². The Morgan fingerprint density at radius 3 is 2.42 bits per heavy atom. The van der Waals surface area contributed by atoms with Crippen molar-refractivity contribution >= 4 is 11.5 Å². The van der Waals surface area contributed by atoms with E-state index in [1.165, 1.54) is 6.92 Å². The van der Waals surface area contributed by atoms with Gasteiger partial charge in [0.05, 0.1) is 6.61 Å². The number of carbonyl (C=O) groups excluding carboxylic acids is 1. The van der Waals surface area contributed by atoms with Gasteiger partial charge in [0.2, 0.25) is 0 Å². The fourth-order valence-corrected chi connectivity index (χ4v) is 1.90. The molecular formula is C13H17NO5. The lowest BCUT2D eigenvalue weighted by atomic mass is 10.0. The molecule has 19 heavy (non-hydrogen) atoms. The summed E-state index contributed by atoms with van der Waals surface area (Å²) in [7, 11) is 0. The molecule has 1 aliphatic heterocycles. The third kappa shape index (κ3) is 3.10. The van der Waals surface area contributed by atoms with Crippen molar-refractivity contribution < 1.29 is 24.9 Å². The zero-order valence-corrected chi connectivity index (χ0v) is 10.5. The van der Waals surface area contributed by atoms with E-state index in [1.54, 1.807) is 24.3 Å². The Kier molecular flexibility index (Phi) is 4.16. The molecule has 0 bridgehead atoms. The van der Waals surface area contributed by atoms with E-state index >= 15 is 0 Å². The minimum Gasteiger partial charge on any atom is -0.388 e. The average Bonchev–Trinajstić information content (AvgIpc) is 2.40. The second kappa shape index (κ2) is 5.66. The van der Waals surface area contributed by atoms with E-state index in [9.17, 15) is 20.1 Å². The SMILES string of the molecule is CC(=O)c1ccc(N[C@H]2OC[C@H](O)[C@@H](O)[C@H]2O)cc1. The summed E-state index contributed by atoms with van der Waals surface area (Å²) in [4.78, 5) is 11.1. The molecule has 1 heterocycles. The molecule has 2 rings (SSSR count). The van der Waals surface area contributed by atoms with Crippen LogP contribution in [0.3, 0.4) is 0 Å². The summed E-state index contributed by atoms with van der Waals surface area (Å²) in [6.07, 6.45) is -4.37. The van der Waals surface area contributed by atoms with Gasteiger partial charge in [-0.05, 0) is 31.2 Å². The third-order valence-corrected chi connectivity index (χ3v) is 3.10. The molecule has 6 heteroatoms. The number of aliphatic hydroxyl groups excluding tert-OH is 3. The molecule has 0 saturated carbocycles. The molecule has 4 N–H and O–H groups in total. The summed E-state index contributed by atoms with van der Waals surface area (Å²) < 4.78 is 5.22. The Balaban J connectivity index is 2.03. The first kappa shape index (κ1) is 14.0. The molecule has 0 aromatic heterocycles. The first-order valence-corrected chi connectivity index (χ1v) is 6.02. The molecule has 104 valence electrons. The summed E-state index contributed by atoms with van der Waals surface area (Å²) in [5.41, 5.74) is 1.24. The molecule has 0 spiro atoms. The van der Waals surface area contributed by atoms with E-state index in [0.29, 0.717) is 11.3 Å². The molecule has 1 fully saturated rings. The molecule has 0 aliphatic carbocycles. The van der Waals surface area contributed by atoms with Crippen molar-refractivity contribution in [3.8, 4) is 0 Å². The zero-order valence-electron chi connectivity index (χ0n) is 10.5. The number of ketones is 1. The van der Waals surface area contributed by atoms with Gasteiger partial charge in [-0.25, -0.2) is 0 Å². The normalized spacial score (nSPS) is 30.9. The summed E-state index contributed by atoms with van der Waals surface area (Å²) in [6, 6.07) is 6.69. The third-order valence-electron chi connectivity index (χ3n) is 3.10. The van der Waals surface area contributed by atoms with Crippen LogP contribution in [0.2, 0.25) is 0 Å². The molecule has 1 saturated heterocycles. The number of nitrogens with one attached hydrogen (secondary N) is 1. The smallest absolute Gasteiger partial charge is 0.159 e. The first-order valence-electron chi connectivity index (χ1n) is 6.02. The second-order valence-corrected chi connectivity index (χ2v) is 4.58. The number of Topliss-reactive ketones (excluding diaryl/α,β-unsaturated/α-hetero) is 1. The van der Waals surface area contributed by atoms with E-state index < -0.39 is 24.5 Å². The number of rotatable bonds is 3. The van der Waals surface area contributed by atoms with Crippen LogP contribution in [0.25, 0.3) is 0 Å². The largest absolute Gasteiger partial charge is 0.388 e. The molecular weight excluding hydrogens is 250 g/mol. The van der Waals surface area contributed by atoms with Crippen molar-refractivity contribution in [3.05, 3.63) is 29.8 Å². The Hall–Kier alpha value is -1.47. The topological polar surface area (TPSA) is 99.0 Å². The minimum absolute atomic E-state index is 0.0287. The number of anilines is 1. The van der Waals surface area contributed by atoms with Crippen LogP contribution in [-0.2, 0) is 4.74 Å². The van der Waals surface area contributed by atoms with Crippen LogP contribution in [0.1, 0.15) is 17.3 Å². The van der Waals surface area contributed by atoms with Crippen LogP contribution < -0.4 is 5.32 Å². The lowest BCUT2D eigenvalue weighted by Gasteiger charge is -2.35. The number of hydrogen-bond acceptors (Lipinski definition) is 6. The molecule has 6 nitrogen and oxygen atoms in total. The number of carbonyl (C=O) groups is 1. The van der Waals surface area contributed by atoms with Crippen LogP contribution >= 0.6 is 0 Å². The van der Waals surface area contributed by atoms with E-state index in [2.05, 4.69) is 5.32 Å². The van der Waals surface area contributed by atoms with Gasteiger partial charge in [-0.15, -0.1) is 0 Å². The van der Waals surface area contributed by atoms with Crippen LogP contribution in [0.5, 0.6) is 0 Å². The molecule has 1 aliphatic rings. The Morgan fingerprint density at radius 1 is 1.21 bits per heavy atom. The highest BCUT2D eigenvalue weighted by atomic mass is 16.5. The Labute approximate surface area is 110 Å². The molecule has 0 amide bonds. The molecule has 0 radical (unpaired) electrons.